The highest BCUT2D eigenvalue weighted by molar-refractivity contribution is 5.68. The molecule has 0 spiro atoms. The normalized spacial score (nSPS) is 10.9. The second-order valence-corrected chi connectivity index (χ2v) is 3.21. The average Bonchev–Trinajstić information content (AvgIpc) is 2.19. The number of anilines is 2. The number of alkyl halides is 3. The van der Waals surface area contributed by atoms with Crippen molar-refractivity contribution in [2.75, 3.05) is 17.6 Å². The van der Waals surface area contributed by atoms with Crippen LogP contribution in [-0.4, -0.2) is 12.7 Å². The van der Waals surface area contributed by atoms with Gasteiger partial charge in [-0.05, 0) is 18.2 Å². The molecule has 6 heteroatoms. The monoisotopic (exact) mass is 229 g/mol. The molecule has 1 aromatic carbocycles. The van der Waals surface area contributed by atoms with E-state index in [9.17, 15) is 13.2 Å². The number of benzene rings is 1. The van der Waals surface area contributed by atoms with E-state index >= 15 is 0 Å². The Hall–Kier alpha value is -1.90. The molecule has 0 aliphatic heterocycles. The summed E-state index contributed by atoms with van der Waals surface area (Å²) in [4.78, 5) is 0. The molecular formula is C10H10F3N3. The number of halogens is 3. The van der Waals surface area contributed by atoms with E-state index < -0.39 is 12.6 Å². The van der Waals surface area contributed by atoms with Gasteiger partial charge in [-0.2, -0.15) is 18.4 Å². The van der Waals surface area contributed by atoms with E-state index in [0.717, 1.165) is 0 Å². The number of rotatable bonds is 3. The van der Waals surface area contributed by atoms with Gasteiger partial charge in [0.15, 0.2) is 0 Å². The van der Waals surface area contributed by atoms with Gasteiger partial charge >= 0.3 is 6.18 Å². The molecule has 0 saturated heterocycles. The Morgan fingerprint density at radius 2 is 2.06 bits per heavy atom. The van der Waals surface area contributed by atoms with E-state index in [-0.39, 0.29) is 6.54 Å². The van der Waals surface area contributed by atoms with Crippen LogP contribution >= 0.6 is 0 Å². The standard InChI is InChI=1S/C10H10F3N3/c11-10(12,13)3-4-16-9-5-7(6-14)1-2-8(9)15/h1-2,5,16H,3-4,15H2. The Morgan fingerprint density at radius 1 is 1.38 bits per heavy atom. The summed E-state index contributed by atoms with van der Waals surface area (Å²) in [5.41, 5.74) is 6.56. The first-order chi connectivity index (χ1) is 7.42. The first kappa shape index (κ1) is 12.2. The van der Waals surface area contributed by atoms with Gasteiger partial charge in [-0.3, -0.25) is 0 Å². The topological polar surface area (TPSA) is 61.8 Å². The smallest absolute Gasteiger partial charge is 0.390 e. The first-order valence-corrected chi connectivity index (χ1v) is 4.52. The lowest BCUT2D eigenvalue weighted by atomic mass is 10.2. The fourth-order valence-electron chi connectivity index (χ4n) is 1.12. The minimum atomic E-state index is -4.20. The van der Waals surface area contributed by atoms with Gasteiger partial charge in [0.25, 0.3) is 0 Å². The Morgan fingerprint density at radius 3 is 2.62 bits per heavy atom. The molecule has 0 fully saturated rings. The number of hydrogen-bond acceptors (Lipinski definition) is 3. The zero-order valence-electron chi connectivity index (χ0n) is 8.30. The van der Waals surface area contributed by atoms with Gasteiger partial charge in [0, 0.05) is 6.54 Å². The summed E-state index contributed by atoms with van der Waals surface area (Å²) in [6.45, 7) is -0.261. The maximum absolute atomic E-state index is 11.9. The van der Waals surface area contributed by atoms with Crippen LogP contribution in [-0.2, 0) is 0 Å². The molecule has 0 aromatic heterocycles. The number of hydrogen-bond donors (Lipinski definition) is 2. The predicted octanol–water partition coefficient (Wildman–Crippen LogP) is 2.50. The lowest BCUT2D eigenvalue weighted by Crippen LogP contribution is -2.15. The van der Waals surface area contributed by atoms with E-state index in [1.165, 1.54) is 18.2 Å². The maximum Gasteiger partial charge on any atom is 0.390 e. The van der Waals surface area contributed by atoms with Crippen LogP contribution < -0.4 is 11.1 Å². The molecule has 0 unspecified atom stereocenters. The molecule has 1 rings (SSSR count). The van der Waals surface area contributed by atoms with Crippen LogP contribution in [0.25, 0.3) is 0 Å². The fourth-order valence-corrected chi connectivity index (χ4v) is 1.12. The van der Waals surface area contributed by atoms with Crippen molar-refractivity contribution in [3.05, 3.63) is 23.8 Å². The maximum atomic E-state index is 11.9. The zero-order valence-corrected chi connectivity index (χ0v) is 8.30. The number of nitrogens with two attached hydrogens (primary N) is 1. The van der Waals surface area contributed by atoms with Gasteiger partial charge in [0.1, 0.15) is 0 Å². The summed E-state index contributed by atoms with van der Waals surface area (Å²) in [6, 6.07) is 6.29. The average molecular weight is 229 g/mol. The van der Waals surface area contributed by atoms with Crippen LogP contribution in [0.2, 0.25) is 0 Å². The molecule has 3 nitrogen and oxygen atoms in total. The molecule has 0 amide bonds. The van der Waals surface area contributed by atoms with Crippen molar-refractivity contribution >= 4 is 11.4 Å². The largest absolute Gasteiger partial charge is 0.397 e. The Labute approximate surface area is 90.7 Å². The van der Waals surface area contributed by atoms with Crippen LogP contribution in [0.15, 0.2) is 18.2 Å². The van der Waals surface area contributed by atoms with Crippen molar-refractivity contribution in [2.45, 2.75) is 12.6 Å². The quantitative estimate of drug-likeness (QED) is 0.783. The Kier molecular flexibility index (Phi) is 3.61. The van der Waals surface area contributed by atoms with Crippen molar-refractivity contribution in [3.63, 3.8) is 0 Å². The summed E-state index contributed by atoms with van der Waals surface area (Å²) in [5, 5.41) is 11.2. The molecule has 16 heavy (non-hydrogen) atoms. The molecular weight excluding hydrogens is 219 g/mol. The molecule has 3 N–H and O–H groups in total. The van der Waals surface area contributed by atoms with E-state index in [0.29, 0.717) is 16.9 Å². The van der Waals surface area contributed by atoms with Gasteiger partial charge in [-0.1, -0.05) is 0 Å². The molecule has 0 radical (unpaired) electrons. The summed E-state index contributed by atoms with van der Waals surface area (Å²) in [6.07, 6.45) is -5.14. The lowest BCUT2D eigenvalue weighted by molar-refractivity contribution is -0.131. The molecule has 0 heterocycles. The number of nitrogens with one attached hydrogen (secondary N) is 1. The molecule has 86 valence electrons. The van der Waals surface area contributed by atoms with Gasteiger partial charge in [0.05, 0.1) is 29.4 Å². The molecule has 0 aliphatic carbocycles. The number of nitrogen functional groups attached to an aromatic ring is 1. The second-order valence-electron chi connectivity index (χ2n) is 3.21. The third-order valence-corrected chi connectivity index (χ3v) is 1.91. The second kappa shape index (κ2) is 4.75. The zero-order chi connectivity index (χ0) is 12.2. The molecule has 0 atom stereocenters. The highest BCUT2D eigenvalue weighted by atomic mass is 19.4. The van der Waals surface area contributed by atoms with Crippen molar-refractivity contribution < 1.29 is 13.2 Å². The van der Waals surface area contributed by atoms with Crippen molar-refractivity contribution in [3.8, 4) is 6.07 Å². The van der Waals surface area contributed by atoms with Gasteiger partial charge in [-0.25, -0.2) is 0 Å². The highest BCUT2D eigenvalue weighted by Crippen LogP contribution is 2.22. The summed E-state index contributed by atoms with van der Waals surface area (Å²) in [7, 11) is 0. The van der Waals surface area contributed by atoms with Crippen LogP contribution in [0, 0.1) is 11.3 Å². The van der Waals surface area contributed by atoms with Gasteiger partial charge < -0.3 is 11.1 Å². The first-order valence-electron chi connectivity index (χ1n) is 4.52. The van der Waals surface area contributed by atoms with E-state index in [1.54, 1.807) is 0 Å². The van der Waals surface area contributed by atoms with E-state index in [4.69, 9.17) is 11.0 Å². The summed E-state index contributed by atoms with van der Waals surface area (Å²) < 4.78 is 35.6. The summed E-state index contributed by atoms with van der Waals surface area (Å²) >= 11 is 0. The Bertz CT molecular complexity index is 407. The van der Waals surface area contributed by atoms with Crippen LogP contribution in [0.3, 0.4) is 0 Å². The molecule has 0 saturated carbocycles. The van der Waals surface area contributed by atoms with Crippen molar-refractivity contribution in [2.24, 2.45) is 0 Å². The third kappa shape index (κ3) is 3.69. The SMILES string of the molecule is N#Cc1ccc(N)c(NCCC(F)(F)F)c1. The van der Waals surface area contributed by atoms with Gasteiger partial charge in [-0.15, -0.1) is 0 Å². The van der Waals surface area contributed by atoms with E-state index in [1.807, 2.05) is 6.07 Å². The van der Waals surface area contributed by atoms with Crippen LogP contribution in [0.1, 0.15) is 12.0 Å². The molecule has 0 aliphatic rings. The summed E-state index contributed by atoms with van der Waals surface area (Å²) in [5.74, 6) is 0. The third-order valence-electron chi connectivity index (χ3n) is 1.91. The van der Waals surface area contributed by atoms with Crippen molar-refractivity contribution in [1.29, 1.82) is 5.26 Å². The minimum Gasteiger partial charge on any atom is -0.397 e. The predicted molar refractivity (Wildman–Crippen MR) is 54.7 cm³/mol. The fraction of sp³-hybridized carbons (Fsp3) is 0.300. The number of nitriles is 1. The van der Waals surface area contributed by atoms with Crippen LogP contribution in [0.4, 0.5) is 24.5 Å². The van der Waals surface area contributed by atoms with Gasteiger partial charge in [0.2, 0.25) is 0 Å². The number of nitrogens with zero attached hydrogens (tertiary/aromatic N) is 1. The Balaban J connectivity index is 2.64. The highest BCUT2D eigenvalue weighted by Gasteiger charge is 2.26. The molecule has 0 bridgehead atoms. The van der Waals surface area contributed by atoms with Crippen molar-refractivity contribution in [1.82, 2.24) is 0 Å². The van der Waals surface area contributed by atoms with Crippen LogP contribution in [0.5, 0.6) is 0 Å². The molecule has 1 aromatic rings. The minimum absolute atomic E-state index is 0.261. The van der Waals surface area contributed by atoms with E-state index in [2.05, 4.69) is 5.32 Å². The lowest BCUT2D eigenvalue weighted by Gasteiger charge is -2.10.